The van der Waals surface area contributed by atoms with Gasteiger partial charge < -0.3 is 19.1 Å². The lowest BCUT2D eigenvalue weighted by Crippen LogP contribution is -2.40. The number of amides is 1. The monoisotopic (exact) mass is 425 g/mol. The second-order valence-corrected chi connectivity index (χ2v) is 10.3. The lowest BCUT2D eigenvalue weighted by atomic mass is 9.87. The van der Waals surface area contributed by atoms with Crippen molar-refractivity contribution in [1.29, 1.82) is 0 Å². The van der Waals surface area contributed by atoms with Crippen LogP contribution < -0.4 is 0 Å². The minimum Gasteiger partial charge on any atom is -0.447 e. The first-order valence-corrected chi connectivity index (χ1v) is 12.1. The maximum absolute atomic E-state index is 12.0. The molecule has 2 saturated heterocycles. The summed E-state index contributed by atoms with van der Waals surface area (Å²) in [6, 6.07) is 6.66. The van der Waals surface area contributed by atoms with Gasteiger partial charge in [0.2, 0.25) is 0 Å². The number of piperidine rings is 1. The molecule has 8 heteroatoms. The zero-order valence-electron chi connectivity index (χ0n) is 17.4. The molecule has 2 aliphatic heterocycles. The molecule has 0 atom stereocenters. The van der Waals surface area contributed by atoms with Crippen molar-refractivity contribution in [3.8, 4) is 0 Å². The summed E-state index contributed by atoms with van der Waals surface area (Å²) in [6.07, 6.45) is 3.40. The van der Waals surface area contributed by atoms with Crippen LogP contribution in [-0.4, -0.2) is 58.1 Å². The predicted molar refractivity (Wildman–Crippen MR) is 108 cm³/mol. The zero-order valence-corrected chi connectivity index (χ0v) is 18.2. The average molecular weight is 426 g/mol. The van der Waals surface area contributed by atoms with Gasteiger partial charge in [0.25, 0.3) is 0 Å². The number of hydrogen-bond donors (Lipinski definition) is 0. The van der Waals surface area contributed by atoms with Crippen LogP contribution in [0.15, 0.2) is 29.2 Å². The quantitative estimate of drug-likeness (QED) is 0.719. The number of rotatable bonds is 5. The van der Waals surface area contributed by atoms with E-state index in [0.717, 1.165) is 37.9 Å². The summed E-state index contributed by atoms with van der Waals surface area (Å²) in [4.78, 5) is 14.1. The van der Waals surface area contributed by atoms with Crippen LogP contribution in [0.3, 0.4) is 0 Å². The van der Waals surface area contributed by atoms with Crippen LogP contribution in [0.5, 0.6) is 0 Å². The summed E-state index contributed by atoms with van der Waals surface area (Å²) in [6.45, 7) is 6.43. The molecule has 1 amide bonds. The molecule has 1 aromatic carbocycles. The number of nitrogens with zero attached hydrogens (tertiary/aromatic N) is 1. The van der Waals surface area contributed by atoms with Gasteiger partial charge in [0, 0.05) is 30.8 Å². The average Bonchev–Trinajstić information content (AvgIpc) is 2.68. The third kappa shape index (κ3) is 6.17. The van der Waals surface area contributed by atoms with Gasteiger partial charge in [-0.25, -0.2) is 13.2 Å². The SMILES string of the molecule is CC(C)OC(=O)N1CCC(C[C@H]2CO[C@@H](c3ccc(S(C)(=O)=O)cc3)OC2)CC1. The Labute approximate surface area is 173 Å². The third-order valence-electron chi connectivity index (χ3n) is 5.42. The van der Waals surface area contributed by atoms with Crippen molar-refractivity contribution in [2.45, 2.75) is 50.4 Å². The summed E-state index contributed by atoms with van der Waals surface area (Å²) in [5.74, 6) is 0.890. The van der Waals surface area contributed by atoms with E-state index < -0.39 is 16.1 Å². The van der Waals surface area contributed by atoms with Gasteiger partial charge in [0.15, 0.2) is 16.1 Å². The highest BCUT2D eigenvalue weighted by Crippen LogP contribution is 2.31. The smallest absolute Gasteiger partial charge is 0.410 e. The number of hydrogen-bond acceptors (Lipinski definition) is 6. The van der Waals surface area contributed by atoms with Crippen molar-refractivity contribution in [1.82, 2.24) is 4.90 Å². The highest BCUT2D eigenvalue weighted by Gasteiger charge is 2.29. The van der Waals surface area contributed by atoms with Gasteiger partial charge in [-0.05, 0) is 51.2 Å². The molecule has 162 valence electrons. The maximum atomic E-state index is 12.0. The second kappa shape index (κ2) is 9.45. The normalized spacial score (nSPS) is 23.9. The van der Waals surface area contributed by atoms with Crippen molar-refractivity contribution < 1.29 is 27.4 Å². The van der Waals surface area contributed by atoms with Crippen molar-refractivity contribution in [3.63, 3.8) is 0 Å². The van der Waals surface area contributed by atoms with E-state index in [0.29, 0.717) is 29.9 Å². The van der Waals surface area contributed by atoms with Gasteiger partial charge in [-0.3, -0.25) is 0 Å². The molecule has 0 radical (unpaired) electrons. The lowest BCUT2D eigenvalue weighted by molar-refractivity contribution is -0.207. The Morgan fingerprint density at radius 3 is 2.21 bits per heavy atom. The van der Waals surface area contributed by atoms with E-state index in [1.807, 2.05) is 13.8 Å². The Morgan fingerprint density at radius 2 is 1.69 bits per heavy atom. The third-order valence-corrected chi connectivity index (χ3v) is 6.55. The summed E-state index contributed by atoms with van der Waals surface area (Å²) >= 11 is 0. The fraction of sp³-hybridized carbons (Fsp3) is 0.667. The number of sulfone groups is 1. The second-order valence-electron chi connectivity index (χ2n) is 8.30. The topological polar surface area (TPSA) is 82.1 Å². The Bertz CT molecular complexity index is 776. The number of carbonyl (C=O) groups is 1. The molecule has 7 nitrogen and oxygen atoms in total. The van der Waals surface area contributed by atoms with E-state index in [9.17, 15) is 13.2 Å². The van der Waals surface area contributed by atoms with Crippen LogP contribution in [-0.2, 0) is 24.0 Å². The van der Waals surface area contributed by atoms with Gasteiger partial charge in [0.05, 0.1) is 24.2 Å². The molecular formula is C21H31NO6S. The van der Waals surface area contributed by atoms with E-state index in [1.54, 1.807) is 29.2 Å². The fourth-order valence-corrected chi connectivity index (χ4v) is 4.47. The number of benzene rings is 1. The zero-order chi connectivity index (χ0) is 21.0. The molecular weight excluding hydrogens is 394 g/mol. The number of likely N-dealkylation sites (tertiary alicyclic amines) is 1. The first kappa shape index (κ1) is 22.1. The molecule has 0 spiro atoms. The Morgan fingerprint density at radius 1 is 1.10 bits per heavy atom. The minimum atomic E-state index is -3.21. The summed E-state index contributed by atoms with van der Waals surface area (Å²) < 4.78 is 40.2. The molecule has 1 aromatic rings. The fourth-order valence-electron chi connectivity index (χ4n) is 3.84. The van der Waals surface area contributed by atoms with E-state index in [4.69, 9.17) is 14.2 Å². The summed E-state index contributed by atoms with van der Waals surface area (Å²) in [5.41, 5.74) is 0.827. The van der Waals surface area contributed by atoms with Crippen molar-refractivity contribution in [2.24, 2.45) is 11.8 Å². The van der Waals surface area contributed by atoms with Crippen LogP contribution in [0.4, 0.5) is 4.79 Å². The van der Waals surface area contributed by atoms with E-state index in [-0.39, 0.29) is 12.2 Å². The molecule has 0 N–H and O–H groups in total. The Hall–Kier alpha value is -1.64. The van der Waals surface area contributed by atoms with Gasteiger partial charge >= 0.3 is 6.09 Å². The minimum absolute atomic E-state index is 0.0905. The number of carbonyl (C=O) groups excluding carboxylic acids is 1. The van der Waals surface area contributed by atoms with Gasteiger partial charge in [-0.15, -0.1) is 0 Å². The van der Waals surface area contributed by atoms with Crippen molar-refractivity contribution in [2.75, 3.05) is 32.6 Å². The molecule has 2 aliphatic rings. The number of ether oxygens (including phenoxy) is 3. The summed E-state index contributed by atoms with van der Waals surface area (Å²) in [7, 11) is -3.21. The van der Waals surface area contributed by atoms with Crippen LogP contribution >= 0.6 is 0 Å². The molecule has 0 aromatic heterocycles. The highest BCUT2D eigenvalue weighted by atomic mass is 32.2. The van der Waals surface area contributed by atoms with E-state index >= 15 is 0 Å². The van der Waals surface area contributed by atoms with Gasteiger partial charge in [-0.2, -0.15) is 0 Å². The first-order valence-electron chi connectivity index (χ1n) is 10.2. The molecule has 29 heavy (non-hydrogen) atoms. The van der Waals surface area contributed by atoms with Crippen molar-refractivity contribution >= 4 is 15.9 Å². The Kier molecular flexibility index (Phi) is 7.19. The van der Waals surface area contributed by atoms with Gasteiger partial charge in [0.1, 0.15) is 0 Å². The largest absolute Gasteiger partial charge is 0.447 e. The first-order chi connectivity index (χ1) is 13.7. The standard InChI is InChI=1S/C21H31NO6S/c1-15(2)28-21(23)22-10-8-16(9-11-22)12-17-13-26-20(27-14-17)18-4-6-19(7-5-18)29(3,24)25/h4-7,15-17,20H,8-14H2,1-3H3/t17-,20+. The molecule has 0 unspecified atom stereocenters. The molecule has 0 saturated carbocycles. The molecule has 3 rings (SSSR count). The van der Waals surface area contributed by atoms with Crippen molar-refractivity contribution in [3.05, 3.63) is 29.8 Å². The van der Waals surface area contributed by atoms with E-state index in [2.05, 4.69) is 0 Å². The van der Waals surface area contributed by atoms with E-state index in [1.165, 1.54) is 6.26 Å². The highest BCUT2D eigenvalue weighted by molar-refractivity contribution is 7.90. The van der Waals surface area contributed by atoms with Crippen LogP contribution in [0.1, 0.15) is 45.0 Å². The van der Waals surface area contributed by atoms with Crippen LogP contribution in [0, 0.1) is 11.8 Å². The summed E-state index contributed by atoms with van der Waals surface area (Å²) in [5, 5.41) is 0. The van der Waals surface area contributed by atoms with Crippen LogP contribution in [0.25, 0.3) is 0 Å². The molecule has 0 aliphatic carbocycles. The Balaban J connectivity index is 1.42. The molecule has 0 bridgehead atoms. The maximum Gasteiger partial charge on any atom is 0.410 e. The van der Waals surface area contributed by atoms with Crippen LogP contribution in [0.2, 0.25) is 0 Å². The predicted octanol–water partition coefficient (Wildman–Crippen LogP) is 3.40. The molecule has 2 fully saturated rings. The van der Waals surface area contributed by atoms with Gasteiger partial charge in [-0.1, -0.05) is 12.1 Å². The molecule has 2 heterocycles. The lowest BCUT2D eigenvalue weighted by Gasteiger charge is -2.35.